The van der Waals surface area contributed by atoms with Gasteiger partial charge in [0, 0.05) is 13.0 Å². The quantitative estimate of drug-likeness (QED) is 0.473. The molecule has 2 aliphatic rings. The fraction of sp³-hybridized carbons (Fsp3) is 0.455. The molecule has 2 saturated heterocycles. The topological polar surface area (TPSA) is 70.1 Å². The summed E-state index contributed by atoms with van der Waals surface area (Å²) >= 11 is 0. The van der Waals surface area contributed by atoms with E-state index in [1.807, 2.05) is 0 Å². The summed E-state index contributed by atoms with van der Waals surface area (Å²) in [5, 5.41) is 0. The molecule has 3 heterocycles. The van der Waals surface area contributed by atoms with Gasteiger partial charge in [0.05, 0.1) is 21.6 Å². The van der Waals surface area contributed by atoms with Crippen LogP contribution >= 0.6 is 0 Å². The van der Waals surface area contributed by atoms with Gasteiger partial charge >= 0.3 is 6.36 Å². The molecule has 2 aliphatic heterocycles. The summed E-state index contributed by atoms with van der Waals surface area (Å²) < 4.78 is 85.9. The molecule has 33 heavy (non-hydrogen) atoms. The number of alkyl halides is 3. The van der Waals surface area contributed by atoms with Gasteiger partial charge in [0.15, 0.2) is 0 Å². The third-order valence-electron chi connectivity index (χ3n) is 5.54. The highest BCUT2D eigenvalue weighted by Crippen LogP contribution is 2.42. The number of carbonyl (C=O) groups is 1. The van der Waals surface area contributed by atoms with Crippen molar-refractivity contribution >= 4 is 5.91 Å². The van der Waals surface area contributed by atoms with E-state index in [9.17, 15) is 22.4 Å². The first-order valence-corrected chi connectivity index (χ1v) is 10.1. The lowest BCUT2D eigenvalue weighted by molar-refractivity contribution is -0.325. The molecule has 0 N–H and O–H groups in total. The van der Waals surface area contributed by atoms with E-state index >= 15 is 0 Å². The van der Waals surface area contributed by atoms with Crippen LogP contribution in [-0.2, 0) is 19.8 Å². The second-order valence-corrected chi connectivity index (χ2v) is 7.62. The Morgan fingerprint density at radius 2 is 2.15 bits per heavy atom. The van der Waals surface area contributed by atoms with Crippen molar-refractivity contribution in [1.82, 2.24) is 9.88 Å². The maximum absolute atomic E-state index is 13.9. The Bertz CT molecular complexity index is 1100. The van der Waals surface area contributed by atoms with Crippen molar-refractivity contribution in [3.63, 3.8) is 0 Å². The second-order valence-electron chi connectivity index (χ2n) is 7.62. The number of aromatic nitrogens is 1. The zero-order chi connectivity index (χ0) is 25.4. The van der Waals surface area contributed by atoms with Crippen LogP contribution in [0.4, 0.5) is 17.6 Å². The molecule has 11 heteroatoms. The molecule has 2 fully saturated rings. The normalized spacial score (nSPS) is 25.2. The molecule has 1 unspecified atom stereocenters. The van der Waals surface area contributed by atoms with Gasteiger partial charge in [-0.05, 0) is 36.8 Å². The molecule has 7 nitrogen and oxygen atoms in total. The van der Waals surface area contributed by atoms with Gasteiger partial charge in [-0.3, -0.25) is 9.53 Å². The van der Waals surface area contributed by atoms with E-state index in [1.165, 1.54) is 35.2 Å². The maximum atomic E-state index is 13.9. The number of aryl methyl sites for hydroxylation is 1. The molecule has 1 aromatic carbocycles. The summed E-state index contributed by atoms with van der Waals surface area (Å²) in [5.74, 6) is -0.752. The van der Waals surface area contributed by atoms with E-state index in [0.29, 0.717) is 11.3 Å². The van der Waals surface area contributed by atoms with Crippen LogP contribution in [-0.4, -0.2) is 61.3 Å². The van der Waals surface area contributed by atoms with Crippen LogP contribution in [0.5, 0.6) is 5.75 Å². The van der Waals surface area contributed by atoms with Crippen molar-refractivity contribution in [3.8, 4) is 5.75 Å². The molecule has 0 saturated carbocycles. The zero-order valence-corrected chi connectivity index (χ0v) is 17.5. The number of likely N-dealkylation sites (tertiary alicyclic amines) is 1. The van der Waals surface area contributed by atoms with Crippen molar-refractivity contribution in [3.05, 3.63) is 59.2 Å². The predicted octanol–water partition coefficient (Wildman–Crippen LogP) is 3.56. The van der Waals surface area contributed by atoms with Crippen LogP contribution in [0.1, 0.15) is 30.9 Å². The van der Waals surface area contributed by atoms with Gasteiger partial charge in [0.1, 0.15) is 42.3 Å². The fourth-order valence-corrected chi connectivity index (χ4v) is 3.92. The number of benzene rings is 1. The Labute approximate surface area is 190 Å². The summed E-state index contributed by atoms with van der Waals surface area (Å²) in [4.78, 5) is 18.7. The highest BCUT2D eigenvalue weighted by Gasteiger charge is 2.51. The number of piperidine rings is 1. The average Bonchev–Trinajstić information content (AvgIpc) is 3.06. The Balaban J connectivity index is 1.45. The molecular weight excluding hydrogens is 448 g/mol. The minimum absolute atomic E-state index is 0.0252. The van der Waals surface area contributed by atoms with E-state index < -0.39 is 43.1 Å². The SMILES string of the molecule is [2H]C1([2H])OC2CN(C(=O)c3ccc(OCCOC(F)(F)F)c(C)n3)CC[C@]2(c2cccc(F)c2)O1. The minimum atomic E-state index is -4.75. The monoisotopic (exact) mass is 472 g/mol. The minimum Gasteiger partial charge on any atom is -0.489 e. The predicted molar refractivity (Wildman–Crippen MR) is 106 cm³/mol. The summed E-state index contributed by atoms with van der Waals surface area (Å²) in [7, 11) is 0. The molecule has 4 rings (SSSR count). The summed E-state index contributed by atoms with van der Waals surface area (Å²) in [5.41, 5.74) is -0.477. The Kier molecular flexibility index (Phi) is 5.83. The van der Waals surface area contributed by atoms with E-state index in [-0.39, 0.29) is 37.6 Å². The molecule has 0 bridgehead atoms. The molecule has 1 aromatic heterocycles. The number of pyridine rings is 1. The molecule has 1 amide bonds. The average molecular weight is 472 g/mol. The van der Waals surface area contributed by atoms with Crippen LogP contribution in [0, 0.1) is 12.7 Å². The third kappa shape index (κ3) is 5.10. The molecule has 2 atom stereocenters. The summed E-state index contributed by atoms with van der Waals surface area (Å²) in [6.07, 6.45) is -5.48. The first-order chi connectivity index (χ1) is 16.4. The van der Waals surface area contributed by atoms with Gasteiger partial charge in [-0.25, -0.2) is 9.37 Å². The van der Waals surface area contributed by atoms with Crippen LogP contribution in [0.3, 0.4) is 0 Å². The van der Waals surface area contributed by atoms with Gasteiger partial charge in [-0.2, -0.15) is 0 Å². The Morgan fingerprint density at radius 1 is 1.33 bits per heavy atom. The van der Waals surface area contributed by atoms with E-state index in [4.69, 9.17) is 17.0 Å². The number of hydrogen-bond donors (Lipinski definition) is 0. The number of hydrogen-bond acceptors (Lipinski definition) is 6. The number of ether oxygens (including phenoxy) is 4. The van der Waals surface area contributed by atoms with Gasteiger partial charge in [-0.1, -0.05) is 12.1 Å². The molecule has 2 aromatic rings. The number of halogens is 4. The van der Waals surface area contributed by atoms with Gasteiger partial charge in [0.25, 0.3) is 5.91 Å². The van der Waals surface area contributed by atoms with Gasteiger partial charge in [0.2, 0.25) is 0 Å². The van der Waals surface area contributed by atoms with Crippen LogP contribution < -0.4 is 4.74 Å². The fourth-order valence-electron chi connectivity index (χ4n) is 3.92. The molecule has 178 valence electrons. The van der Waals surface area contributed by atoms with Crippen molar-refractivity contribution in [1.29, 1.82) is 0 Å². The first-order valence-electron chi connectivity index (χ1n) is 11.1. The lowest BCUT2D eigenvalue weighted by atomic mass is 9.82. The summed E-state index contributed by atoms with van der Waals surface area (Å²) in [6, 6.07) is 8.47. The van der Waals surface area contributed by atoms with Crippen molar-refractivity contribution in [2.24, 2.45) is 0 Å². The smallest absolute Gasteiger partial charge is 0.489 e. The molecular formula is C22H22F4N2O5. The number of rotatable bonds is 6. The molecule has 0 radical (unpaired) electrons. The molecule has 0 spiro atoms. The lowest BCUT2D eigenvalue weighted by Gasteiger charge is -2.41. The second kappa shape index (κ2) is 9.24. The van der Waals surface area contributed by atoms with Crippen molar-refractivity contribution in [2.75, 3.05) is 33.0 Å². The van der Waals surface area contributed by atoms with Crippen LogP contribution in [0.15, 0.2) is 36.4 Å². The van der Waals surface area contributed by atoms with Crippen LogP contribution in [0.25, 0.3) is 0 Å². The van der Waals surface area contributed by atoms with E-state index in [1.54, 1.807) is 13.0 Å². The van der Waals surface area contributed by atoms with Crippen LogP contribution in [0.2, 0.25) is 0 Å². The number of nitrogens with zero attached hydrogens (tertiary/aromatic N) is 2. The lowest BCUT2D eigenvalue weighted by Crippen LogP contribution is -2.53. The highest BCUT2D eigenvalue weighted by molar-refractivity contribution is 5.92. The number of carbonyl (C=O) groups excluding carboxylic acids is 1. The largest absolute Gasteiger partial charge is 0.522 e. The number of amides is 1. The third-order valence-corrected chi connectivity index (χ3v) is 5.54. The van der Waals surface area contributed by atoms with Crippen molar-refractivity contribution < 1.29 is 44.0 Å². The Morgan fingerprint density at radius 3 is 2.88 bits per heavy atom. The highest BCUT2D eigenvalue weighted by atomic mass is 19.4. The van der Waals surface area contributed by atoms with Gasteiger partial charge < -0.3 is 19.1 Å². The van der Waals surface area contributed by atoms with E-state index in [2.05, 4.69) is 9.72 Å². The summed E-state index contributed by atoms with van der Waals surface area (Å²) in [6.45, 7) is -1.78. The Hall–Kier alpha value is -2.76. The first kappa shape index (κ1) is 20.8. The van der Waals surface area contributed by atoms with E-state index in [0.717, 1.165) is 0 Å². The van der Waals surface area contributed by atoms with Crippen molar-refractivity contribution in [2.45, 2.75) is 31.4 Å². The maximum Gasteiger partial charge on any atom is 0.522 e. The standard InChI is InChI=1S/C22H22F4N2O5/c1-14-18(30-9-10-32-22(24,25)26)6-5-17(27-14)20(29)28-8-7-21(19(12-28)31-13-33-21)15-3-2-4-16(23)11-15/h2-6,11,19H,7-10,12-13H2,1H3/t19?,21-/m1/s1/i13D2. The van der Waals surface area contributed by atoms with Gasteiger partial charge in [-0.15, -0.1) is 13.2 Å². The zero-order valence-electron chi connectivity index (χ0n) is 19.5. The number of fused-ring (bicyclic) bond motifs is 1. The molecule has 0 aliphatic carbocycles.